The fraction of sp³-hybridized carbons (Fsp3) is 0.333. The van der Waals surface area contributed by atoms with E-state index in [1.807, 2.05) is 12.1 Å². The van der Waals surface area contributed by atoms with E-state index in [1.165, 1.54) is 11.1 Å². The van der Waals surface area contributed by atoms with Gasteiger partial charge in [0.1, 0.15) is 11.5 Å². The average molecular weight is 242 g/mol. The van der Waals surface area contributed by atoms with Crippen molar-refractivity contribution in [3.8, 4) is 0 Å². The summed E-state index contributed by atoms with van der Waals surface area (Å²) in [5, 5.41) is 0. The summed E-state index contributed by atoms with van der Waals surface area (Å²) in [6.45, 7) is 3.45. The van der Waals surface area contributed by atoms with Crippen molar-refractivity contribution in [1.82, 2.24) is 4.90 Å². The van der Waals surface area contributed by atoms with Crippen molar-refractivity contribution in [1.29, 1.82) is 0 Å². The fourth-order valence-corrected chi connectivity index (χ4v) is 2.53. The maximum atomic E-state index is 5.66. The van der Waals surface area contributed by atoms with Gasteiger partial charge in [0.2, 0.25) is 0 Å². The third-order valence-corrected chi connectivity index (χ3v) is 3.51. The highest BCUT2D eigenvalue weighted by Gasteiger charge is 2.16. The van der Waals surface area contributed by atoms with Crippen molar-refractivity contribution in [3.63, 3.8) is 0 Å². The predicted octanol–water partition coefficient (Wildman–Crippen LogP) is 2.30. The summed E-state index contributed by atoms with van der Waals surface area (Å²) >= 11 is 0. The van der Waals surface area contributed by atoms with E-state index in [9.17, 15) is 0 Å². The summed E-state index contributed by atoms with van der Waals surface area (Å²) in [7, 11) is 0. The van der Waals surface area contributed by atoms with Crippen molar-refractivity contribution in [2.24, 2.45) is 5.73 Å². The Morgan fingerprint density at radius 3 is 2.61 bits per heavy atom. The molecule has 0 amide bonds. The Balaban J connectivity index is 1.69. The van der Waals surface area contributed by atoms with E-state index in [0.717, 1.165) is 37.6 Å². The zero-order valence-electron chi connectivity index (χ0n) is 10.4. The molecule has 1 aromatic heterocycles. The molecule has 2 heterocycles. The SMILES string of the molecule is NCc1ccc(CN2CCc3ccccc3C2)o1. The summed E-state index contributed by atoms with van der Waals surface area (Å²) in [5.74, 6) is 1.87. The maximum absolute atomic E-state index is 5.66. The first-order valence-corrected chi connectivity index (χ1v) is 6.42. The summed E-state index contributed by atoms with van der Waals surface area (Å²) < 4.78 is 5.66. The zero-order valence-corrected chi connectivity index (χ0v) is 10.4. The minimum absolute atomic E-state index is 0.475. The Hall–Kier alpha value is -1.58. The van der Waals surface area contributed by atoms with Crippen molar-refractivity contribution >= 4 is 0 Å². The predicted molar refractivity (Wildman–Crippen MR) is 70.9 cm³/mol. The fourth-order valence-electron chi connectivity index (χ4n) is 2.53. The number of nitrogens with two attached hydrogens (primary N) is 1. The Kier molecular flexibility index (Phi) is 3.17. The van der Waals surface area contributed by atoms with Crippen LogP contribution >= 0.6 is 0 Å². The first kappa shape index (κ1) is 11.5. The van der Waals surface area contributed by atoms with E-state index < -0.39 is 0 Å². The molecule has 1 aromatic carbocycles. The van der Waals surface area contributed by atoms with Crippen molar-refractivity contribution in [2.45, 2.75) is 26.1 Å². The van der Waals surface area contributed by atoms with Gasteiger partial charge in [-0.3, -0.25) is 4.90 Å². The molecule has 3 heteroatoms. The lowest BCUT2D eigenvalue weighted by atomic mass is 10.00. The second kappa shape index (κ2) is 4.96. The molecular formula is C15H18N2O. The number of rotatable bonds is 3. The number of nitrogens with zero attached hydrogens (tertiary/aromatic N) is 1. The van der Waals surface area contributed by atoms with Crippen LogP contribution < -0.4 is 5.73 Å². The lowest BCUT2D eigenvalue weighted by Gasteiger charge is -2.27. The Bertz CT molecular complexity index is 533. The van der Waals surface area contributed by atoms with Gasteiger partial charge in [-0.25, -0.2) is 0 Å². The monoisotopic (exact) mass is 242 g/mol. The third-order valence-electron chi connectivity index (χ3n) is 3.51. The number of fused-ring (bicyclic) bond motifs is 1. The molecule has 2 aromatic rings. The van der Waals surface area contributed by atoms with E-state index >= 15 is 0 Å². The van der Waals surface area contributed by atoms with Crippen LogP contribution in [0.5, 0.6) is 0 Å². The number of hydrogen-bond donors (Lipinski definition) is 1. The highest BCUT2D eigenvalue weighted by molar-refractivity contribution is 5.29. The van der Waals surface area contributed by atoms with Crippen molar-refractivity contribution in [2.75, 3.05) is 6.54 Å². The number of benzene rings is 1. The van der Waals surface area contributed by atoms with Gasteiger partial charge in [0, 0.05) is 13.1 Å². The molecule has 0 radical (unpaired) electrons. The number of hydrogen-bond acceptors (Lipinski definition) is 3. The Morgan fingerprint density at radius 2 is 1.83 bits per heavy atom. The topological polar surface area (TPSA) is 42.4 Å². The standard InChI is InChI=1S/C15H18N2O/c16-9-14-5-6-15(18-14)11-17-8-7-12-3-1-2-4-13(12)10-17/h1-6H,7-11,16H2. The van der Waals surface area contributed by atoms with Gasteiger partial charge in [-0.15, -0.1) is 0 Å². The first-order valence-electron chi connectivity index (χ1n) is 6.42. The second-order valence-electron chi connectivity index (χ2n) is 4.80. The highest BCUT2D eigenvalue weighted by atomic mass is 16.3. The van der Waals surface area contributed by atoms with Crippen molar-refractivity contribution < 1.29 is 4.42 Å². The van der Waals surface area contributed by atoms with Crippen LogP contribution in [0.25, 0.3) is 0 Å². The molecule has 0 aliphatic carbocycles. The van der Waals surface area contributed by atoms with Crippen LogP contribution in [-0.2, 0) is 26.1 Å². The van der Waals surface area contributed by atoms with Gasteiger partial charge in [0.15, 0.2) is 0 Å². The molecule has 0 saturated heterocycles. The van der Waals surface area contributed by atoms with E-state index in [-0.39, 0.29) is 0 Å². The van der Waals surface area contributed by atoms with Gasteiger partial charge in [-0.05, 0) is 29.7 Å². The third kappa shape index (κ3) is 2.33. The summed E-state index contributed by atoms with van der Waals surface area (Å²) in [6.07, 6.45) is 1.13. The van der Waals surface area contributed by atoms with Crippen LogP contribution in [0.4, 0.5) is 0 Å². The normalized spacial score (nSPS) is 15.6. The molecular weight excluding hydrogens is 224 g/mol. The molecule has 0 fully saturated rings. The van der Waals surface area contributed by atoms with Crippen LogP contribution in [-0.4, -0.2) is 11.4 Å². The molecule has 0 saturated carbocycles. The lowest BCUT2D eigenvalue weighted by molar-refractivity contribution is 0.224. The molecule has 0 spiro atoms. The molecule has 0 atom stereocenters. The van der Waals surface area contributed by atoms with E-state index in [2.05, 4.69) is 29.2 Å². The van der Waals surface area contributed by atoms with Gasteiger partial charge < -0.3 is 10.2 Å². The molecule has 1 aliphatic heterocycles. The molecule has 0 bridgehead atoms. The lowest BCUT2D eigenvalue weighted by Crippen LogP contribution is -2.29. The van der Waals surface area contributed by atoms with Gasteiger partial charge >= 0.3 is 0 Å². The minimum Gasteiger partial charge on any atom is -0.463 e. The molecule has 3 rings (SSSR count). The van der Waals surface area contributed by atoms with Gasteiger partial charge in [0.25, 0.3) is 0 Å². The Morgan fingerprint density at radius 1 is 1.06 bits per heavy atom. The van der Waals surface area contributed by atoms with Gasteiger partial charge in [-0.2, -0.15) is 0 Å². The molecule has 94 valence electrons. The molecule has 0 unspecified atom stereocenters. The average Bonchev–Trinajstić information content (AvgIpc) is 2.86. The smallest absolute Gasteiger partial charge is 0.118 e. The van der Waals surface area contributed by atoms with Gasteiger partial charge in [-0.1, -0.05) is 24.3 Å². The van der Waals surface area contributed by atoms with Gasteiger partial charge in [0.05, 0.1) is 13.1 Å². The molecule has 2 N–H and O–H groups in total. The zero-order chi connectivity index (χ0) is 12.4. The quantitative estimate of drug-likeness (QED) is 0.898. The van der Waals surface area contributed by atoms with Crippen LogP contribution in [0.1, 0.15) is 22.6 Å². The number of furan rings is 1. The largest absolute Gasteiger partial charge is 0.463 e. The molecule has 18 heavy (non-hydrogen) atoms. The second-order valence-corrected chi connectivity index (χ2v) is 4.80. The van der Waals surface area contributed by atoms with Crippen LogP contribution in [0, 0.1) is 0 Å². The summed E-state index contributed by atoms with van der Waals surface area (Å²) in [4.78, 5) is 2.42. The molecule has 3 nitrogen and oxygen atoms in total. The van der Waals surface area contributed by atoms with Crippen LogP contribution in [0.15, 0.2) is 40.8 Å². The molecule has 1 aliphatic rings. The van der Waals surface area contributed by atoms with Crippen LogP contribution in [0.3, 0.4) is 0 Å². The van der Waals surface area contributed by atoms with Crippen molar-refractivity contribution in [3.05, 3.63) is 59.0 Å². The first-order chi connectivity index (χ1) is 8.85. The van der Waals surface area contributed by atoms with Crippen LogP contribution in [0.2, 0.25) is 0 Å². The summed E-state index contributed by atoms with van der Waals surface area (Å²) in [6, 6.07) is 12.7. The minimum atomic E-state index is 0.475. The van der Waals surface area contributed by atoms with E-state index in [4.69, 9.17) is 10.2 Å². The van der Waals surface area contributed by atoms with E-state index in [0.29, 0.717) is 6.54 Å². The summed E-state index contributed by atoms with van der Waals surface area (Å²) in [5.41, 5.74) is 8.47. The highest BCUT2D eigenvalue weighted by Crippen LogP contribution is 2.20. The Labute approximate surface area is 107 Å². The maximum Gasteiger partial charge on any atom is 0.118 e. The van der Waals surface area contributed by atoms with E-state index in [1.54, 1.807) is 0 Å².